The maximum absolute atomic E-state index is 13.5. The van der Waals surface area contributed by atoms with Crippen molar-refractivity contribution in [2.24, 2.45) is 0 Å². The van der Waals surface area contributed by atoms with E-state index in [1.54, 1.807) is 82.5 Å². The van der Waals surface area contributed by atoms with Crippen molar-refractivity contribution in [1.82, 2.24) is 5.32 Å². The van der Waals surface area contributed by atoms with Gasteiger partial charge in [0.15, 0.2) is 0 Å². The Bertz CT molecular complexity index is 1390. The molecule has 3 aromatic carbocycles. The summed E-state index contributed by atoms with van der Waals surface area (Å²) >= 11 is 0. The van der Waals surface area contributed by atoms with Gasteiger partial charge in [-0.2, -0.15) is 0 Å². The monoisotopic (exact) mass is 575 g/mol. The van der Waals surface area contributed by atoms with Gasteiger partial charge in [0.2, 0.25) is 0 Å². The molecule has 0 heterocycles. The Balaban J connectivity index is 1.72. The number of carbonyl (C=O) groups excluding carboxylic acids is 3. The van der Waals surface area contributed by atoms with E-state index in [0.29, 0.717) is 47.0 Å². The molecule has 0 fully saturated rings. The van der Waals surface area contributed by atoms with E-state index in [-0.39, 0.29) is 23.8 Å². The molecule has 9 heteroatoms. The second-order valence-electron chi connectivity index (χ2n) is 11.8. The second-order valence-corrected chi connectivity index (χ2v) is 11.8. The molecule has 3 rings (SSSR count). The molecule has 0 bridgehead atoms. The summed E-state index contributed by atoms with van der Waals surface area (Å²) in [5, 5.41) is 8.49. The van der Waals surface area contributed by atoms with Crippen molar-refractivity contribution in [3.8, 4) is 11.5 Å². The zero-order valence-electron chi connectivity index (χ0n) is 25.4. The quantitative estimate of drug-likeness (QED) is 0.229. The summed E-state index contributed by atoms with van der Waals surface area (Å²) in [6.45, 7) is 12.3. The van der Waals surface area contributed by atoms with Crippen LogP contribution < -0.4 is 25.4 Å². The zero-order chi connectivity index (χ0) is 30.9. The Labute approximate surface area is 247 Å². The van der Waals surface area contributed by atoms with Crippen molar-refractivity contribution in [3.63, 3.8) is 0 Å². The fourth-order valence-corrected chi connectivity index (χ4v) is 3.88. The first-order valence-corrected chi connectivity index (χ1v) is 13.9. The predicted octanol–water partition coefficient (Wildman–Crippen LogP) is 6.79. The van der Waals surface area contributed by atoms with E-state index in [1.807, 2.05) is 12.1 Å². The molecule has 0 aliphatic rings. The molecule has 0 atom stereocenters. The Morgan fingerprint density at radius 2 is 1.40 bits per heavy atom. The number of methoxy groups -OCH3 is 1. The van der Waals surface area contributed by atoms with E-state index in [4.69, 9.17) is 14.2 Å². The van der Waals surface area contributed by atoms with Crippen LogP contribution in [0.4, 0.5) is 16.2 Å². The van der Waals surface area contributed by atoms with Crippen molar-refractivity contribution in [3.05, 3.63) is 83.4 Å². The van der Waals surface area contributed by atoms with Crippen LogP contribution in [0.3, 0.4) is 0 Å². The molecule has 0 radical (unpaired) electrons. The second kappa shape index (κ2) is 13.9. The molecule has 42 heavy (non-hydrogen) atoms. The molecule has 0 unspecified atom stereocenters. The number of alkyl carbamates (subject to hydrolysis) is 1. The molecule has 3 aromatic rings. The van der Waals surface area contributed by atoms with Crippen LogP contribution in [0.1, 0.15) is 74.2 Å². The number of para-hydroxylation sites is 2. The topological polar surface area (TPSA) is 115 Å². The summed E-state index contributed by atoms with van der Waals surface area (Å²) in [4.78, 5) is 38.3. The number of anilines is 2. The van der Waals surface area contributed by atoms with Crippen molar-refractivity contribution in [2.45, 2.75) is 59.0 Å². The van der Waals surface area contributed by atoms with Crippen LogP contribution in [0.25, 0.3) is 0 Å². The van der Waals surface area contributed by atoms with Crippen LogP contribution >= 0.6 is 0 Å². The Morgan fingerprint density at radius 3 is 1.98 bits per heavy atom. The Hall–Kier alpha value is -4.53. The first kappa shape index (κ1) is 32.0. The summed E-state index contributed by atoms with van der Waals surface area (Å²) in [7, 11) is 1.56. The third-order valence-corrected chi connectivity index (χ3v) is 6.11. The van der Waals surface area contributed by atoms with Crippen molar-refractivity contribution in [1.29, 1.82) is 0 Å². The van der Waals surface area contributed by atoms with E-state index in [1.165, 1.54) is 0 Å². The van der Waals surface area contributed by atoms with Gasteiger partial charge in [0, 0.05) is 12.1 Å². The smallest absolute Gasteiger partial charge is 0.407 e. The van der Waals surface area contributed by atoms with Crippen LogP contribution in [0, 0.1) is 0 Å². The predicted molar refractivity (Wildman–Crippen MR) is 165 cm³/mol. The van der Waals surface area contributed by atoms with E-state index >= 15 is 0 Å². The molecule has 224 valence electrons. The molecule has 3 amide bonds. The number of rotatable bonds is 10. The molecular weight excluding hydrogens is 534 g/mol. The van der Waals surface area contributed by atoms with Gasteiger partial charge >= 0.3 is 6.09 Å². The fourth-order valence-electron chi connectivity index (χ4n) is 3.88. The highest BCUT2D eigenvalue weighted by molar-refractivity contribution is 6.10. The number of carbonyl (C=O) groups is 3. The van der Waals surface area contributed by atoms with Gasteiger partial charge in [-0.3, -0.25) is 9.59 Å². The van der Waals surface area contributed by atoms with E-state index in [0.717, 1.165) is 5.56 Å². The number of hydrogen-bond donors (Lipinski definition) is 3. The normalized spacial score (nSPS) is 11.3. The van der Waals surface area contributed by atoms with Gasteiger partial charge in [0.1, 0.15) is 17.1 Å². The summed E-state index contributed by atoms with van der Waals surface area (Å²) < 4.78 is 16.5. The van der Waals surface area contributed by atoms with Crippen LogP contribution in [-0.2, 0) is 10.2 Å². The maximum atomic E-state index is 13.5. The van der Waals surface area contributed by atoms with Gasteiger partial charge < -0.3 is 30.2 Å². The van der Waals surface area contributed by atoms with E-state index < -0.39 is 11.7 Å². The number of nitrogens with one attached hydrogen (secondary N) is 3. The first-order chi connectivity index (χ1) is 19.8. The lowest BCUT2D eigenvalue weighted by molar-refractivity contribution is 0.0525. The number of benzene rings is 3. The molecule has 0 spiro atoms. The molecule has 9 nitrogen and oxygen atoms in total. The minimum atomic E-state index is -0.576. The third-order valence-electron chi connectivity index (χ3n) is 6.11. The van der Waals surface area contributed by atoms with Crippen LogP contribution in [-0.4, -0.2) is 43.8 Å². The summed E-state index contributed by atoms with van der Waals surface area (Å²) in [6.07, 6.45) is 0.0235. The molecule has 3 N–H and O–H groups in total. The van der Waals surface area contributed by atoms with Gasteiger partial charge in [-0.1, -0.05) is 39.0 Å². The fraction of sp³-hybridized carbons (Fsp3) is 0.364. The lowest BCUT2D eigenvalue weighted by Gasteiger charge is -2.22. The summed E-state index contributed by atoms with van der Waals surface area (Å²) in [5.41, 5.74) is 1.96. The van der Waals surface area contributed by atoms with E-state index in [2.05, 4.69) is 36.7 Å². The third kappa shape index (κ3) is 9.54. The molecule has 0 saturated carbocycles. The Morgan fingerprint density at radius 1 is 0.786 bits per heavy atom. The van der Waals surface area contributed by atoms with Gasteiger partial charge in [-0.15, -0.1) is 0 Å². The van der Waals surface area contributed by atoms with Crippen LogP contribution in [0.5, 0.6) is 11.5 Å². The average molecular weight is 576 g/mol. The van der Waals surface area contributed by atoms with E-state index in [9.17, 15) is 14.4 Å². The Kier molecular flexibility index (Phi) is 10.6. The standard InChI is InChI=1S/C33H41N3O6/c1-32(2,3)23-15-18-25(28(21-23)41-20-10-19-34-31(39)42-33(4,5)6)30(38)36-27-12-9-8-11-26(27)35-29(37)22-13-16-24(40-7)17-14-22/h8-9,11-18,21H,10,19-20H2,1-7H3,(H,34,39)(H,35,37)(H,36,38). The summed E-state index contributed by atoms with van der Waals surface area (Å²) in [6, 6.07) is 19.2. The highest BCUT2D eigenvalue weighted by Crippen LogP contribution is 2.30. The largest absolute Gasteiger partial charge is 0.497 e. The van der Waals surface area contributed by atoms with Gasteiger partial charge in [-0.25, -0.2) is 4.79 Å². The first-order valence-electron chi connectivity index (χ1n) is 13.9. The van der Waals surface area contributed by atoms with Gasteiger partial charge in [0.05, 0.1) is 30.7 Å². The van der Waals surface area contributed by atoms with Crippen molar-refractivity contribution >= 4 is 29.3 Å². The minimum absolute atomic E-state index is 0.163. The van der Waals surface area contributed by atoms with Crippen LogP contribution in [0.2, 0.25) is 0 Å². The SMILES string of the molecule is COc1ccc(C(=O)Nc2ccccc2NC(=O)c2ccc(C(C)(C)C)cc2OCCCNC(=O)OC(C)(C)C)cc1. The number of amides is 3. The van der Waals surface area contributed by atoms with Crippen molar-refractivity contribution < 1.29 is 28.6 Å². The lowest BCUT2D eigenvalue weighted by atomic mass is 9.86. The highest BCUT2D eigenvalue weighted by Gasteiger charge is 2.21. The van der Waals surface area contributed by atoms with Crippen molar-refractivity contribution in [2.75, 3.05) is 30.9 Å². The maximum Gasteiger partial charge on any atom is 0.407 e. The number of ether oxygens (including phenoxy) is 3. The molecule has 0 aliphatic carbocycles. The van der Waals surface area contributed by atoms with Crippen LogP contribution in [0.15, 0.2) is 66.7 Å². The highest BCUT2D eigenvalue weighted by atomic mass is 16.6. The lowest BCUT2D eigenvalue weighted by Crippen LogP contribution is -2.33. The number of hydrogen-bond acceptors (Lipinski definition) is 6. The van der Waals surface area contributed by atoms with Gasteiger partial charge in [0.25, 0.3) is 11.8 Å². The summed E-state index contributed by atoms with van der Waals surface area (Å²) in [5.74, 6) is 0.368. The minimum Gasteiger partial charge on any atom is -0.497 e. The van der Waals surface area contributed by atoms with Gasteiger partial charge in [-0.05, 0) is 86.7 Å². The molecule has 0 aliphatic heterocycles. The zero-order valence-corrected chi connectivity index (χ0v) is 25.4. The average Bonchev–Trinajstić information content (AvgIpc) is 2.92. The molecular formula is C33H41N3O6. The molecule has 0 saturated heterocycles. The molecule has 0 aromatic heterocycles.